The molecule has 0 fully saturated rings. The van der Waals surface area contributed by atoms with E-state index in [1.807, 2.05) is 17.5 Å². The summed E-state index contributed by atoms with van der Waals surface area (Å²) in [5.41, 5.74) is -0.0449. The molecule has 1 N–H and O–H groups in total. The Morgan fingerprint density at radius 3 is 2.47 bits per heavy atom. The second kappa shape index (κ2) is 5.75. The van der Waals surface area contributed by atoms with Crippen molar-refractivity contribution in [2.24, 2.45) is 0 Å². The molecule has 1 amide bonds. The number of nitrogens with one attached hydrogen (secondary N) is 1. The summed E-state index contributed by atoms with van der Waals surface area (Å²) in [5, 5.41) is 4.12. The number of thiophene rings is 1. The molecule has 0 aliphatic carbocycles. The molecule has 2 aromatic rings. The minimum Gasteiger partial charge on any atom is -0.317 e. The second-order valence-corrected chi connectivity index (χ2v) is 4.87. The van der Waals surface area contributed by atoms with Gasteiger partial charge in [0, 0.05) is 10.5 Å². The Balaban J connectivity index is 2.18. The highest BCUT2D eigenvalue weighted by atomic mass is 32.1. The van der Waals surface area contributed by atoms with Gasteiger partial charge in [0.25, 0.3) is 5.91 Å². The van der Waals surface area contributed by atoms with Gasteiger partial charge in [-0.1, -0.05) is 12.1 Å². The van der Waals surface area contributed by atoms with E-state index in [4.69, 9.17) is 0 Å². The van der Waals surface area contributed by atoms with E-state index in [2.05, 4.69) is 5.32 Å². The summed E-state index contributed by atoms with van der Waals surface area (Å²) in [7, 11) is 0. The maximum Gasteiger partial charge on any atom is 0.251 e. The maximum absolute atomic E-state index is 13.4. The fraction of sp³-hybridized carbons (Fsp3) is 0.0714. The van der Waals surface area contributed by atoms with Crippen molar-refractivity contribution in [2.75, 3.05) is 5.32 Å². The van der Waals surface area contributed by atoms with Crippen LogP contribution in [0.4, 0.5) is 14.5 Å². The molecule has 19 heavy (non-hydrogen) atoms. The summed E-state index contributed by atoms with van der Waals surface area (Å²) in [4.78, 5) is 12.7. The van der Waals surface area contributed by atoms with E-state index in [-0.39, 0.29) is 0 Å². The van der Waals surface area contributed by atoms with Gasteiger partial charge in [-0.15, -0.1) is 11.3 Å². The van der Waals surface area contributed by atoms with Crippen LogP contribution >= 0.6 is 11.3 Å². The monoisotopic (exact) mass is 279 g/mol. The largest absolute Gasteiger partial charge is 0.317 e. The standard InChI is InChI=1S/C14H11F2NOS/c1-9(8-10-4-3-7-19-10)14(18)17-13-11(15)5-2-6-12(13)16/h2-8H,1H3,(H,17,18)/b9-8+. The molecule has 5 heteroatoms. The summed E-state index contributed by atoms with van der Waals surface area (Å²) >= 11 is 1.48. The van der Waals surface area contributed by atoms with Crippen LogP contribution in [0.25, 0.3) is 6.08 Å². The molecule has 0 spiro atoms. The highest BCUT2D eigenvalue weighted by Gasteiger charge is 2.12. The van der Waals surface area contributed by atoms with Gasteiger partial charge >= 0.3 is 0 Å². The van der Waals surface area contributed by atoms with Crippen molar-refractivity contribution in [3.63, 3.8) is 0 Å². The average molecular weight is 279 g/mol. The van der Waals surface area contributed by atoms with Crippen LogP contribution in [0.2, 0.25) is 0 Å². The number of anilines is 1. The van der Waals surface area contributed by atoms with Crippen molar-refractivity contribution in [3.8, 4) is 0 Å². The Bertz CT molecular complexity index is 600. The highest BCUT2D eigenvalue weighted by Crippen LogP contribution is 2.19. The molecule has 1 aromatic carbocycles. The van der Waals surface area contributed by atoms with Gasteiger partial charge in [-0.3, -0.25) is 4.79 Å². The fourth-order valence-corrected chi connectivity index (χ4v) is 2.20. The molecule has 0 radical (unpaired) electrons. The van der Waals surface area contributed by atoms with Crippen molar-refractivity contribution in [1.82, 2.24) is 0 Å². The number of carbonyl (C=O) groups excluding carboxylic acids is 1. The van der Waals surface area contributed by atoms with E-state index in [9.17, 15) is 13.6 Å². The van der Waals surface area contributed by atoms with Crippen molar-refractivity contribution >= 4 is 29.0 Å². The van der Waals surface area contributed by atoms with Crippen molar-refractivity contribution in [1.29, 1.82) is 0 Å². The van der Waals surface area contributed by atoms with Crippen molar-refractivity contribution < 1.29 is 13.6 Å². The Kier molecular flexibility index (Phi) is 4.06. The first-order valence-corrected chi connectivity index (χ1v) is 6.43. The fourth-order valence-electron chi connectivity index (χ4n) is 1.48. The van der Waals surface area contributed by atoms with Gasteiger partial charge in [-0.2, -0.15) is 0 Å². The average Bonchev–Trinajstić information content (AvgIpc) is 2.86. The summed E-state index contributed by atoms with van der Waals surface area (Å²) in [6.07, 6.45) is 1.67. The SMILES string of the molecule is C/C(=C\c1cccs1)C(=O)Nc1c(F)cccc1F. The van der Waals surface area contributed by atoms with Gasteiger partial charge < -0.3 is 5.32 Å². The Morgan fingerprint density at radius 2 is 1.89 bits per heavy atom. The van der Waals surface area contributed by atoms with Gasteiger partial charge in [0.1, 0.15) is 17.3 Å². The summed E-state index contributed by atoms with van der Waals surface area (Å²) in [5.74, 6) is -2.12. The van der Waals surface area contributed by atoms with Gasteiger partial charge in [0.2, 0.25) is 0 Å². The number of carbonyl (C=O) groups is 1. The molecular formula is C14H11F2NOS. The molecule has 1 aromatic heterocycles. The Hall–Kier alpha value is -2.01. The predicted octanol–water partition coefficient (Wildman–Crippen LogP) is 4.07. The van der Waals surface area contributed by atoms with E-state index in [1.165, 1.54) is 17.4 Å². The topological polar surface area (TPSA) is 29.1 Å². The van der Waals surface area contributed by atoms with E-state index in [0.717, 1.165) is 17.0 Å². The second-order valence-electron chi connectivity index (χ2n) is 3.89. The van der Waals surface area contributed by atoms with Crippen LogP contribution in [0.1, 0.15) is 11.8 Å². The number of hydrogen-bond acceptors (Lipinski definition) is 2. The van der Waals surface area contributed by atoms with Crippen molar-refractivity contribution in [3.05, 3.63) is 57.8 Å². The number of amides is 1. The lowest BCUT2D eigenvalue weighted by Gasteiger charge is -2.07. The molecular weight excluding hydrogens is 268 g/mol. The molecule has 2 rings (SSSR count). The molecule has 0 saturated heterocycles. The molecule has 0 aliphatic heterocycles. The normalized spacial score (nSPS) is 11.4. The molecule has 1 heterocycles. The number of benzene rings is 1. The molecule has 0 aliphatic rings. The lowest BCUT2D eigenvalue weighted by Crippen LogP contribution is -2.14. The first-order chi connectivity index (χ1) is 9.08. The lowest BCUT2D eigenvalue weighted by atomic mass is 10.2. The number of hydrogen-bond donors (Lipinski definition) is 1. The first-order valence-electron chi connectivity index (χ1n) is 5.55. The van der Waals surface area contributed by atoms with Crippen LogP contribution in [0.5, 0.6) is 0 Å². The molecule has 0 unspecified atom stereocenters. The Labute approximate surface area is 113 Å². The molecule has 2 nitrogen and oxygen atoms in total. The van der Waals surface area contributed by atoms with Gasteiger partial charge in [0.05, 0.1) is 0 Å². The van der Waals surface area contributed by atoms with Gasteiger partial charge in [-0.05, 0) is 36.6 Å². The zero-order valence-corrected chi connectivity index (χ0v) is 10.9. The number of para-hydroxylation sites is 1. The number of rotatable bonds is 3. The van der Waals surface area contributed by atoms with Gasteiger partial charge in [0.15, 0.2) is 0 Å². The molecule has 0 bridgehead atoms. The smallest absolute Gasteiger partial charge is 0.251 e. The highest BCUT2D eigenvalue weighted by molar-refractivity contribution is 7.10. The minimum absolute atomic E-state index is 0.380. The van der Waals surface area contributed by atoms with Crippen molar-refractivity contribution in [2.45, 2.75) is 6.92 Å². The summed E-state index contributed by atoms with van der Waals surface area (Å²) < 4.78 is 26.8. The lowest BCUT2D eigenvalue weighted by molar-refractivity contribution is -0.112. The summed E-state index contributed by atoms with van der Waals surface area (Å²) in [6, 6.07) is 7.14. The van der Waals surface area contributed by atoms with E-state index < -0.39 is 23.2 Å². The van der Waals surface area contributed by atoms with Crippen LogP contribution < -0.4 is 5.32 Å². The number of halogens is 2. The summed E-state index contributed by atoms with van der Waals surface area (Å²) in [6.45, 7) is 1.59. The first kappa shape index (κ1) is 13.4. The van der Waals surface area contributed by atoms with Crippen LogP contribution in [-0.4, -0.2) is 5.91 Å². The maximum atomic E-state index is 13.4. The zero-order chi connectivity index (χ0) is 13.8. The molecule has 0 atom stereocenters. The minimum atomic E-state index is -0.794. The third-order valence-corrected chi connectivity index (χ3v) is 3.28. The Morgan fingerprint density at radius 1 is 1.21 bits per heavy atom. The van der Waals surface area contributed by atoms with E-state index in [1.54, 1.807) is 13.0 Å². The third kappa shape index (κ3) is 3.26. The van der Waals surface area contributed by atoms with Crippen LogP contribution in [-0.2, 0) is 4.79 Å². The van der Waals surface area contributed by atoms with E-state index >= 15 is 0 Å². The predicted molar refractivity (Wildman–Crippen MR) is 73.0 cm³/mol. The molecule has 98 valence electrons. The zero-order valence-electron chi connectivity index (χ0n) is 10.1. The van der Waals surface area contributed by atoms with Crippen LogP contribution in [0.15, 0.2) is 41.3 Å². The quantitative estimate of drug-likeness (QED) is 0.843. The van der Waals surface area contributed by atoms with Crippen LogP contribution in [0.3, 0.4) is 0 Å². The van der Waals surface area contributed by atoms with Gasteiger partial charge in [-0.25, -0.2) is 8.78 Å². The van der Waals surface area contributed by atoms with Crippen LogP contribution in [0, 0.1) is 11.6 Å². The van der Waals surface area contributed by atoms with E-state index in [0.29, 0.717) is 5.57 Å². The third-order valence-electron chi connectivity index (χ3n) is 2.46. The molecule has 0 saturated carbocycles.